The van der Waals surface area contributed by atoms with Gasteiger partial charge in [0.05, 0.1) is 0 Å². The summed E-state index contributed by atoms with van der Waals surface area (Å²) in [4.78, 5) is 24.9. The number of rotatable bonds is 5. The number of hydrogen-bond donors (Lipinski definition) is 3. The van der Waals surface area contributed by atoms with Crippen molar-refractivity contribution >= 4 is 24.3 Å². The van der Waals surface area contributed by atoms with Gasteiger partial charge in [-0.15, -0.1) is 12.4 Å². The van der Waals surface area contributed by atoms with Gasteiger partial charge < -0.3 is 16.0 Å². The fraction of sp³-hybridized carbons (Fsp3) is 0.500. The smallest absolute Gasteiger partial charge is 0.329 e. The van der Waals surface area contributed by atoms with E-state index in [-0.39, 0.29) is 30.8 Å². The van der Waals surface area contributed by atoms with E-state index < -0.39 is 24.7 Å². The third kappa shape index (κ3) is 7.19. The second-order valence-electron chi connectivity index (χ2n) is 6.04. The number of nitrogens with two attached hydrogens (primary N) is 1. The summed E-state index contributed by atoms with van der Waals surface area (Å²) in [5, 5.41) is 3.47. The van der Waals surface area contributed by atoms with Gasteiger partial charge in [-0.05, 0) is 5.56 Å². The van der Waals surface area contributed by atoms with E-state index in [4.69, 9.17) is 5.73 Å². The second kappa shape index (κ2) is 9.75. The molecule has 0 saturated carbocycles. The molecule has 0 aromatic heterocycles. The zero-order chi connectivity index (χ0) is 18.4. The molecular weight excluding hydrogens is 373 g/mol. The molecule has 3 amide bonds. The summed E-state index contributed by atoms with van der Waals surface area (Å²) in [6, 6.07) is 8.62. The van der Waals surface area contributed by atoms with Crippen LogP contribution in [0.2, 0.25) is 0 Å². The first-order valence-corrected chi connectivity index (χ1v) is 7.92. The molecule has 1 aliphatic heterocycles. The van der Waals surface area contributed by atoms with Crippen LogP contribution in [0.4, 0.5) is 18.0 Å². The van der Waals surface area contributed by atoms with Crippen LogP contribution in [0.25, 0.3) is 0 Å². The Bertz CT molecular complexity index is 601. The summed E-state index contributed by atoms with van der Waals surface area (Å²) in [6.07, 6.45) is -4.51. The third-order valence-corrected chi connectivity index (χ3v) is 4.03. The van der Waals surface area contributed by atoms with E-state index in [2.05, 4.69) is 0 Å². The van der Waals surface area contributed by atoms with E-state index in [0.717, 1.165) is 5.56 Å². The molecule has 26 heavy (non-hydrogen) atoms. The van der Waals surface area contributed by atoms with Gasteiger partial charge in [0.2, 0.25) is 5.91 Å². The van der Waals surface area contributed by atoms with Gasteiger partial charge >= 0.3 is 12.2 Å². The van der Waals surface area contributed by atoms with E-state index in [1.165, 1.54) is 0 Å². The van der Waals surface area contributed by atoms with Crippen LogP contribution < -0.4 is 16.4 Å². The number of urea groups is 1. The summed E-state index contributed by atoms with van der Waals surface area (Å²) in [7, 11) is 0. The standard InChI is InChI=1S/C16H21F3N4O2.ClH/c17-16(18,19)10-21-15(25)22-14(24)6-7-23-8-12(13(20)9-23)11-4-2-1-3-5-11;/h1-5,12-13H,6-10,20H2,(H2,21,22,24,25);1H/t12-,13+;/m0./s1. The molecule has 146 valence electrons. The van der Waals surface area contributed by atoms with Crippen LogP contribution in [-0.4, -0.2) is 55.2 Å². The number of likely N-dealkylation sites (tertiary alicyclic amines) is 1. The van der Waals surface area contributed by atoms with Crippen LogP contribution in [0.1, 0.15) is 17.9 Å². The van der Waals surface area contributed by atoms with Crippen molar-refractivity contribution in [3.63, 3.8) is 0 Å². The van der Waals surface area contributed by atoms with Crippen molar-refractivity contribution in [2.24, 2.45) is 5.73 Å². The maximum Gasteiger partial charge on any atom is 0.405 e. The molecule has 2 atom stereocenters. The molecule has 10 heteroatoms. The lowest BCUT2D eigenvalue weighted by Gasteiger charge is -2.16. The van der Waals surface area contributed by atoms with Crippen molar-refractivity contribution in [3.05, 3.63) is 35.9 Å². The Morgan fingerprint density at radius 3 is 2.46 bits per heavy atom. The number of hydrogen-bond acceptors (Lipinski definition) is 4. The minimum atomic E-state index is -4.52. The van der Waals surface area contributed by atoms with Crippen LogP contribution in [-0.2, 0) is 4.79 Å². The van der Waals surface area contributed by atoms with Gasteiger partial charge in [0.15, 0.2) is 0 Å². The van der Waals surface area contributed by atoms with Crippen LogP contribution >= 0.6 is 12.4 Å². The number of halogens is 4. The third-order valence-electron chi connectivity index (χ3n) is 4.03. The van der Waals surface area contributed by atoms with E-state index >= 15 is 0 Å². The first kappa shape index (κ1) is 22.2. The van der Waals surface area contributed by atoms with Gasteiger partial charge in [-0.3, -0.25) is 10.1 Å². The van der Waals surface area contributed by atoms with Crippen LogP contribution in [0.15, 0.2) is 30.3 Å². The number of imide groups is 1. The van der Waals surface area contributed by atoms with Gasteiger partial charge in [-0.25, -0.2) is 4.79 Å². The van der Waals surface area contributed by atoms with Gasteiger partial charge in [0, 0.05) is 38.0 Å². The average Bonchev–Trinajstić information content (AvgIpc) is 2.92. The van der Waals surface area contributed by atoms with Crippen molar-refractivity contribution in [2.75, 3.05) is 26.2 Å². The highest BCUT2D eigenvalue weighted by Crippen LogP contribution is 2.26. The zero-order valence-corrected chi connectivity index (χ0v) is 14.8. The fourth-order valence-corrected chi connectivity index (χ4v) is 2.82. The van der Waals surface area contributed by atoms with Gasteiger partial charge in [-0.1, -0.05) is 30.3 Å². The molecule has 0 radical (unpaired) electrons. The highest BCUT2D eigenvalue weighted by Gasteiger charge is 2.31. The lowest BCUT2D eigenvalue weighted by atomic mass is 9.95. The Kier molecular flexibility index (Phi) is 8.32. The number of carbonyl (C=O) groups is 2. The molecule has 6 nitrogen and oxygen atoms in total. The van der Waals surface area contributed by atoms with Gasteiger partial charge in [0.1, 0.15) is 6.54 Å². The zero-order valence-electron chi connectivity index (χ0n) is 14.0. The lowest BCUT2D eigenvalue weighted by molar-refractivity contribution is -0.124. The number of carbonyl (C=O) groups excluding carboxylic acids is 2. The number of amides is 3. The molecule has 4 N–H and O–H groups in total. The topological polar surface area (TPSA) is 87.5 Å². The Morgan fingerprint density at radius 2 is 1.85 bits per heavy atom. The molecule has 1 aromatic carbocycles. The molecule has 1 heterocycles. The van der Waals surface area contributed by atoms with E-state index in [0.29, 0.717) is 19.6 Å². The first-order valence-electron chi connectivity index (χ1n) is 7.92. The molecule has 1 aliphatic rings. The molecule has 1 saturated heterocycles. The van der Waals surface area contributed by atoms with E-state index in [1.54, 1.807) is 5.32 Å². The Hall–Kier alpha value is -1.84. The van der Waals surface area contributed by atoms with Gasteiger partial charge in [-0.2, -0.15) is 13.2 Å². The molecule has 1 aromatic rings. The highest BCUT2D eigenvalue weighted by molar-refractivity contribution is 5.94. The Morgan fingerprint density at radius 1 is 1.19 bits per heavy atom. The van der Waals surface area contributed by atoms with Crippen molar-refractivity contribution in [1.82, 2.24) is 15.5 Å². The van der Waals surface area contributed by atoms with Crippen LogP contribution in [0.5, 0.6) is 0 Å². The molecular formula is C16H22ClF3N4O2. The monoisotopic (exact) mass is 394 g/mol. The Balaban J connectivity index is 0.00000338. The minimum absolute atomic E-state index is 0. The Labute approximate surface area is 155 Å². The van der Waals surface area contributed by atoms with Crippen molar-refractivity contribution in [2.45, 2.75) is 24.6 Å². The van der Waals surface area contributed by atoms with Crippen molar-refractivity contribution in [3.8, 4) is 0 Å². The SMILES string of the molecule is Cl.N[C@@H]1CN(CCC(=O)NC(=O)NCC(F)(F)F)C[C@H]1c1ccccc1. The maximum absolute atomic E-state index is 12.0. The predicted octanol–water partition coefficient (Wildman–Crippen LogP) is 1.61. The van der Waals surface area contributed by atoms with E-state index in [1.807, 2.05) is 40.5 Å². The second-order valence-corrected chi connectivity index (χ2v) is 6.04. The lowest BCUT2D eigenvalue weighted by Crippen LogP contribution is -2.44. The molecule has 0 spiro atoms. The van der Waals surface area contributed by atoms with Crippen LogP contribution in [0.3, 0.4) is 0 Å². The summed E-state index contributed by atoms with van der Waals surface area (Å²) < 4.78 is 35.9. The van der Waals surface area contributed by atoms with Gasteiger partial charge in [0.25, 0.3) is 0 Å². The molecule has 1 fully saturated rings. The largest absolute Gasteiger partial charge is 0.405 e. The maximum atomic E-state index is 12.0. The number of benzene rings is 1. The summed E-state index contributed by atoms with van der Waals surface area (Å²) >= 11 is 0. The van der Waals surface area contributed by atoms with Crippen LogP contribution in [0, 0.1) is 0 Å². The fourth-order valence-electron chi connectivity index (χ4n) is 2.82. The molecule has 2 rings (SSSR count). The minimum Gasteiger partial charge on any atom is -0.329 e. The molecule has 0 bridgehead atoms. The first-order chi connectivity index (χ1) is 11.7. The average molecular weight is 395 g/mol. The highest BCUT2D eigenvalue weighted by atomic mass is 35.5. The quantitative estimate of drug-likeness (QED) is 0.708. The number of nitrogens with one attached hydrogen (secondary N) is 2. The molecule has 0 unspecified atom stereocenters. The summed E-state index contributed by atoms with van der Waals surface area (Å²) in [6.45, 7) is 0.215. The summed E-state index contributed by atoms with van der Waals surface area (Å²) in [5.74, 6) is -0.462. The van der Waals surface area contributed by atoms with Crippen molar-refractivity contribution < 1.29 is 22.8 Å². The predicted molar refractivity (Wildman–Crippen MR) is 93.1 cm³/mol. The van der Waals surface area contributed by atoms with E-state index in [9.17, 15) is 22.8 Å². The number of alkyl halides is 3. The van der Waals surface area contributed by atoms with Crippen molar-refractivity contribution in [1.29, 1.82) is 0 Å². The summed E-state index contributed by atoms with van der Waals surface area (Å²) in [5.41, 5.74) is 7.29. The number of nitrogens with zero attached hydrogens (tertiary/aromatic N) is 1. The molecule has 0 aliphatic carbocycles. The normalized spacial score (nSPS) is 20.3.